The molecule has 0 bridgehead atoms. The number of likely N-dealkylation sites (tertiary alicyclic amines) is 1. The Morgan fingerprint density at radius 3 is 1.80 bits per heavy atom. The molecule has 0 atom stereocenters. The fourth-order valence-corrected chi connectivity index (χ4v) is 3.89. The maximum atomic E-state index is 12.5. The molecule has 20 heavy (non-hydrogen) atoms. The summed E-state index contributed by atoms with van der Waals surface area (Å²) >= 11 is 0. The van der Waals surface area contributed by atoms with E-state index in [2.05, 4.69) is 27.7 Å². The highest BCUT2D eigenvalue weighted by atomic mass is 16.5. The zero-order valence-corrected chi connectivity index (χ0v) is 13.5. The maximum Gasteiger partial charge on any atom is 0.320 e. The first-order chi connectivity index (χ1) is 9.47. The molecule has 0 saturated carbocycles. The van der Waals surface area contributed by atoms with Crippen LogP contribution < -0.4 is 0 Å². The van der Waals surface area contributed by atoms with E-state index in [1.807, 2.05) is 9.80 Å². The van der Waals surface area contributed by atoms with Crippen molar-refractivity contribution in [3.8, 4) is 0 Å². The number of carbonyl (C=O) groups is 1. The van der Waals surface area contributed by atoms with Crippen LogP contribution in [0.5, 0.6) is 0 Å². The van der Waals surface area contributed by atoms with Gasteiger partial charge in [0, 0.05) is 26.2 Å². The van der Waals surface area contributed by atoms with E-state index in [-0.39, 0.29) is 6.03 Å². The lowest BCUT2D eigenvalue weighted by Gasteiger charge is -2.48. The van der Waals surface area contributed by atoms with Gasteiger partial charge in [-0.15, -0.1) is 0 Å². The molecule has 2 fully saturated rings. The Labute approximate surface area is 123 Å². The van der Waals surface area contributed by atoms with Crippen LogP contribution in [0.1, 0.15) is 40.5 Å². The van der Waals surface area contributed by atoms with Gasteiger partial charge >= 0.3 is 6.03 Å². The van der Waals surface area contributed by atoms with Gasteiger partial charge in [-0.2, -0.15) is 0 Å². The van der Waals surface area contributed by atoms with Crippen molar-refractivity contribution in [2.24, 2.45) is 17.3 Å². The lowest BCUT2D eigenvalue weighted by Crippen LogP contribution is -2.53. The fraction of sp³-hybridized carbons (Fsp3) is 0.938. The zero-order valence-electron chi connectivity index (χ0n) is 13.5. The standard InChI is InChI=1S/C16H30N2O2/c1-13(2)16(14(3)4)5-7-17(8-6-16)15(19)18-9-11-20-12-10-18/h13-14H,5-12H2,1-4H3. The molecule has 4 heteroatoms. The van der Waals surface area contributed by atoms with Crippen molar-refractivity contribution in [2.45, 2.75) is 40.5 Å². The van der Waals surface area contributed by atoms with E-state index < -0.39 is 0 Å². The van der Waals surface area contributed by atoms with Crippen LogP contribution in [0.3, 0.4) is 0 Å². The number of hydrogen-bond acceptors (Lipinski definition) is 2. The van der Waals surface area contributed by atoms with E-state index in [0.29, 0.717) is 30.5 Å². The zero-order chi connectivity index (χ0) is 14.8. The molecule has 2 saturated heterocycles. The molecule has 116 valence electrons. The van der Waals surface area contributed by atoms with Gasteiger partial charge in [0.1, 0.15) is 0 Å². The molecule has 4 nitrogen and oxygen atoms in total. The number of urea groups is 1. The molecule has 2 heterocycles. The molecule has 0 aromatic rings. The summed E-state index contributed by atoms with van der Waals surface area (Å²) in [5.74, 6) is 1.37. The van der Waals surface area contributed by atoms with Crippen LogP contribution in [-0.4, -0.2) is 55.2 Å². The van der Waals surface area contributed by atoms with Crippen LogP contribution in [0.4, 0.5) is 4.79 Å². The van der Waals surface area contributed by atoms with E-state index in [9.17, 15) is 4.79 Å². The number of carbonyl (C=O) groups excluding carboxylic acids is 1. The summed E-state index contributed by atoms with van der Waals surface area (Å²) in [4.78, 5) is 16.5. The third kappa shape index (κ3) is 2.95. The molecule has 2 rings (SSSR count). The Balaban J connectivity index is 1.94. The molecule has 0 aromatic carbocycles. The van der Waals surface area contributed by atoms with Crippen LogP contribution in [-0.2, 0) is 4.74 Å². The number of nitrogens with zero attached hydrogens (tertiary/aromatic N) is 2. The molecule has 0 aliphatic carbocycles. The normalized spacial score (nSPS) is 23.5. The summed E-state index contributed by atoms with van der Waals surface area (Å²) in [5.41, 5.74) is 0.405. The lowest BCUT2D eigenvalue weighted by molar-refractivity contribution is 0.0110. The van der Waals surface area contributed by atoms with Crippen molar-refractivity contribution in [1.82, 2.24) is 9.80 Å². The molecule has 0 aromatic heterocycles. The summed E-state index contributed by atoms with van der Waals surface area (Å²) in [6, 6.07) is 0.217. The Morgan fingerprint density at radius 1 is 0.900 bits per heavy atom. The third-order valence-corrected chi connectivity index (χ3v) is 5.55. The van der Waals surface area contributed by atoms with E-state index in [4.69, 9.17) is 4.74 Å². The first kappa shape index (κ1) is 15.6. The van der Waals surface area contributed by atoms with Gasteiger partial charge in [-0.3, -0.25) is 0 Å². The van der Waals surface area contributed by atoms with Gasteiger partial charge in [0.25, 0.3) is 0 Å². The largest absolute Gasteiger partial charge is 0.378 e. The van der Waals surface area contributed by atoms with Gasteiger partial charge in [-0.1, -0.05) is 27.7 Å². The van der Waals surface area contributed by atoms with Crippen molar-refractivity contribution in [3.63, 3.8) is 0 Å². The van der Waals surface area contributed by atoms with E-state index in [1.54, 1.807) is 0 Å². The van der Waals surface area contributed by atoms with Crippen LogP contribution in [0.25, 0.3) is 0 Å². The van der Waals surface area contributed by atoms with Gasteiger partial charge in [0.2, 0.25) is 0 Å². The van der Waals surface area contributed by atoms with Gasteiger partial charge in [-0.25, -0.2) is 4.79 Å². The summed E-state index contributed by atoms with van der Waals surface area (Å²) in [6.45, 7) is 14.0. The lowest BCUT2D eigenvalue weighted by atomic mass is 9.63. The second-order valence-electron chi connectivity index (χ2n) is 6.91. The third-order valence-electron chi connectivity index (χ3n) is 5.55. The number of rotatable bonds is 2. The highest BCUT2D eigenvalue weighted by molar-refractivity contribution is 5.74. The fourth-order valence-electron chi connectivity index (χ4n) is 3.89. The number of ether oxygens (including phenoxy) is 1. The Kier molecular flexibility index (Phi) is 4.95. The number of hydrogen-bond donors (Lipinski definition) is 0. The quantitative estimate of drug-likeness (QED) is 0.780. The molecule has 0 unspecified atom stereocenters. The van der Waals surface area contributed by atoms with Crippen LogP contribution in [0, 0.1) is 17.3 Å². The highest BCUT2D eigenvalue weighted by Gasteiger charge is 2.41. The minimum Gasteiger partial charge on any atom is -0.378 e. The van der Waals surface area contributed by atoms with Crippen LogP contribution in [0.15, 0.2) is 0 Å². The summed E-state index contributed by atoms with van der Waals surface area (Å²) in [5, 5.41) is 0. The van der Waals surface area contributed by atoms with Crippen LogP contribution >= 0.6 is 0 Å². The number of piperidine rings is 1. The van der Waals surface area contributed by atoms with Gasteiger partial charge in [0.05, 0.1) is 13.2 Å². The number of amides is 2. The molecular weight excluding hydrogens is 252 g/mol. The first-order valence-electron chi connectivity index (χ1n) is 8.09. The van der Waals surface area contributed by atoms with Crippen molar-refractivity contribution < 1.29 is 9.53 Å². The SMILES string of the molecule is CC(C)C1(C(C)C)CCN(C(=O)N2CCOCC2)CC1. The monoisotopic (exact) mass is 282 g/mol. The summed E-state index contributed by atoms with van der Waals surface area (Å²) < 4.78 is 5.32. The maximum absolute atomic E-state index is 12.5. The second kappa shape index (κ2) is 6.33. The minimum atomic E-state index is 0.217. The predicted octanol–water partition coefficient (Wildman–Crippen LogP) is 2.83. The van der Waals surface area contributed by atoms with E-state index in [1.165, 1.54) is 0 Å². The summed E-state index contributed by atoms with van der Waals surface area (Å²) in [6.07, 6.45) is 2.27. The van der Waals surface area contributed by atoms with Gasteiger partial charge < -0.3 is 14.5 Å². The number of morpholine rings is 1. The summed E-state index contributed by atoms with van der Waals surface area (Å²) in [7, 11) is 0. The van der Waals surface area contributed by atoms with Crippen molar-refractivity contribution in [2.75, 3.05) is 39.4 Å². The molecule has 0 spiro atoms. The van der Waals surface area contributed by atoms with Crippen molar-refractivity contribution >= 4 is 6.03 Å². The topological polar surface area (TPSA) is 32.8 Å². The van der Waals surface area contributed by atoms with Crippen molar-refractivity contribution in [1.29, 1.82) is 0 Å². The molecule has 0 N–H and O–H groups in total. The molecule has 2 aliphatic heterocycles. The Hall–Kier alpha value is -0.770. The van der Waals surface area contributed by atoms with Crippen molar-refractivity contribution in [3.05, 3.63) is 0 Å². The molecule has 2 aliphatic rings. The molecule has 0 radical (unpaired) electrons. The minimum absolute atomic E-state index is 0.217. The van der Waals surface area contributed by atoms with Gasteiger partial charge in [-0.05, 0) is 30.1 Å². The van der Waals surface area contributed by atoms with Gasteiger partial charge in [0.15, 0.2) is 0 Å². The first-order valence-corrected chi connectivity index (χ1v) is 8.09. The van der Waals surface area contributed by atoms with Crippen LogP contribution in [0.2, 0.25) is 0 Å². The average Bonchev–Trinajstić information content (AvgIpc) is 2.47. The average molecular weight is 282 g/mol. The van der Waals surface area contributed by atoms with E-state index in [0.717, 1.165) is 39.0 Å². The second-order valence-corrected chi connectivity index (χ2v) is 6.91. The molecule has 2 amide bonds. The predicted molar refractivity (Wildman–Crippen MR) is 80.7 cm³/mol. The molecular formula is C16H30N2O2. The Morgan fingerprint density at radius 2 is 1.35 bits per heavy atom. The highest BCUT2D eigenvalue weighted by Crippen LogP contribution is 2.45. The smallest absolute Gasteiger partial charge is 0.320 e. The Bertz CT molecular complexity index is 317. The van der Waals surface area contributed by atoms with E-state index >= 15 is 0 Å².